The fourth-order valence-corrected chi connectivity index (χ4v) is 4.94. The van der Waals surface area contributed by atoms with Gasteiger partial charge in [-0.05, 0) is 89.8 Å². The number of hydrogen-bond acceptors (Lipinski definition) is 5. The lowest BCUT2D eigenvalue weighted by molar-refractivity contribution is -0.645. The zero-order chi connectivity index (χ0) is 29.8. The van der Waals surface area contributed by atoms with Gasteiger partial charge in [0, 0.05) is 75.2 Å². The number of anilines is 1. The summed E-state index contributed by atoms with van der Waals surface area (Å²) in [6.07, 6.45) is 5.77. The number of ether oxygens (including phenoxy) is 1. The van der Waals surface area contributed by atoms with Crippen molar-refractivity contribution in [2.75, 3.05) is 39.1 Å². The first-order chi connectivity index (χ1) is 19.6. The summed E-state index contributed by atoms with van der Waals surface area (Å²) >= 11 is 0. The van der Waals surface area contributed by atoms with E-state index in [1.165, 1.54) is 33.1 Å². The molecule has 0 fully saturated rings. The van der Waals surface area contributed by atoms with E-state index in [9.17, 15) is 9.59 Å². The van der Waals surface area contributed by atoms with E-state index in [1.54, 1.807) is 0 Å². The monoisotopic (exact) mass is 599 g/mol. The fourth-order valence-electron chi connectivity index (χ4n) is 4.94. The highest BCUT2D eigenvalue weighted by Gasteiger charge is 2.17. The summed E-state index contributed by atoms with van der Waals surface area (Å²) in [5, 5.41) is 11.6. The number of benzene rings is 2. The summed E-state index contributed by atoms with van der Waals surface area (Å²) in [5.74, 6) is 0.118. The smallest absolute Gasteiger partial charge is 0.407 e. The number of fused-ring (bicyclic) bond motifs is 2. The lowest BCUT2D eigenvalue weighted by Crippen LogP contribution is -3.00. The van der Waals surface area contributed by atoms with Crippen LogP contribution in [0.2, 0.25) is 0 Å². The number of pyridine rings is 1. The van der Waals surface area contributed by atoms with Gasteiger partial charge >= 0.3 is 6.09 Å². The van der Waals surface area contributed by atoms with Gasteiger partial charge in [-0.3, -0.25) is 4.79 Å². The first-order valence-corrected chi connectivity index (χ1v) is 15.0. The number of hydrogen-bond donors (Lipinski definition) is 3. The van der Waals surface area contributed by atoms with Gasteiger partial charge in [-0.1, -0.05) is 6.07 Å². The van der Waals surface area contributed by atoms with Gasteiger partial charge in [-0.25, -0.2) is 4.79 Å². The third kappa shape index (κ3) is 11.3. The Morgan fingerprint density at radius 1 is 0.833 bits per heavy atom. The van der Waals surface area contributed by atoms with E-state index in [-0.39, 0.29) is 24.4 Å². The van der Waals surface area contributed by atoms with Gasteiger partial charge in [-0.15, -0.1) is 0 Å². The van der Waals surface area contributed by atoms with Crippen molar-refractivity contribution in [3.05, 3.63) is 48.0 Å². The van der Waals surface area contributed by atoms with Crippen LogP contribution in [0.3, 0.4) is 0 Å². The Morgan fingerprint density at radius 3 is 2.14 bits per heavy atom. The predicted molar refractivity (Wildman–Crippen MR) is 168 cm³/mol. The highest BCUT2D eigenvalue weighted by Crippen LogP contribution is 2.24. The van der Waals surface area contributed by atoms with E-state index in [2.05, 4.69) is 82.0 Å². The molecule has 3 rings (SSSR count). The van der Waals surface area contributed by atoms with Gasteiger partial charge in [0.15, 0.2) is 0 Å². The molecule has 0 saturated heterocycles. The van der Waals surface area contributed by atoms with Gasteiger partial charge in [0.2, 0.25) is 16.9 Å². The Morgan fingerprint density at radius 2 is 1.48 bits per heavy atom. The van der Waals surface area contributed by atoms with E-state index in [0.29, 0.717) is 19.5 Å². The number of unbranched alkanes of at least 4 members (excludes halogenated alkanes) is 4. The number of nitrogens with one attached hydrogen (secondary N) is 3. The highest BCUT2D eigenvalue weighted by atomic mass is 35.5. The molecule has 0 bridgehead atoms. The van der Waals surface area contributed by atoms with Crippen LogP contribution >= 0.6 is 0 Å². The third-order valence-electron chi connectivity index (χ3n) is 7.03. The van der Waals surface area contributed by atoms with E-state index < -0.39 is 5.60 Å². The van der Waals surface area contributed by atoms with Crippen LogP contribution in [0.15, 0.2) is 42.5 Å². The SMILES string of the molecule is CNCc1ccc2cc3ccc(N(C)C)cc3[n+](CCCCCC(=O)NCCCCCNC(=O)OC(C)(C)C)c2c1.[Cl-]. The summed E-state index contributed by atoms with van der Waals surface area (Å²) in [6, 6.07) is 15.7. The summed E-state index contributed by atoms with van der Waals surface area (Å²) in [6.45, 7) is 8.55. The maximum Gasteiger partial charge on any atom is 0.407 e. The lowest BCUT2D eigenvalue weighted by Gasteiger charge is -2.19. The van der Waals surface area contributed by atoms with Crippen molar-refractivity contribution >= 4 is 39.5 Å². The number of carbonyl (C=O) groups excluding carboxylic acids is 2. The fraction of sp³-hybridized carbons (Fsp3) is 0.545. The van der Waals surface area contributed by atoms with Crippen molar-refractivity contribution in [1.82, 2.24) is 16.0 Å². The largest absolute Gasteiger partial charge is 1.00 e. The first kappa shape index (κ1) is 35.1. The minimum absolute atomic E-state index is 0. The molecule has 1 heterocycles. The quantitative estimate of drug-likeness (QED) is 0.142. The Hall–Kier alpha value is -3.10. The standard InChI is InChI=1S/C33H49N5O3.ClH/c1-33(2,3)41-32(40)36-19-11-8-10-18-35-31(39)13-9-7-12-20-38-29-21-25(24-34-4)14-15-26(29)22-27-16-17-28(37(5)6)23-30(27)38;/h14-17,21-23,34H,7-13,18-20,24H2,1-6H3,(H-,35,36,39,40);1H. The van der Waals surface area contributed by atoms with Crippen molar-refractivity contribution < 1.29 is 31.3 Å². The molecule has 0 aliphatic carbocycles. The summed E-state index contributed by atoms with van der Waals surface area (Å²) in [5.41, 5.74) is 4.47. The van der Waals surface area contributed by atoms with E-state index in [4.69, 9.17) is 4.74 Å². The van der Waals surface area contributed by atoms with Gasteiger partial charge in [0.25, 0.3) is 0 Å². The Balaban J connectivity index is 0.00000616. The number of aromatic nitrogens is 1. The van der Waals surface area contributed by atoms with E-state index >= 15 is 0 Å². The number of rotatable bonds is 15. The second kappa shape index (κ2) is 17.1. The van der Waals surface area contributed by atoms with Crippen LogP contribution in [0, 0.1) is 0 Å². The molecular formula is C33H50ClN5O3. The van der Waals surface area contributed by atoms with Crippen LogP contribution in [-0.2, 0) is 22.6 Å². The number of alkyl carbamates (subject to hydrolysis) is 1. The molecule has 0 aliphatic heterocycles. The molecule has 0 radical (unpaired) electrons. The molecule has 2 aromatic carbocycles. The number of carbonyl (C=O) groups is 2. The molecule has 3 aromatic rings. The Labute approximate surface area is 258 Å². The van der Waals surface area contributed by atoms with Gasteiger partial charge < -0.3 is 38.0 Å². The molecule has 232 valence electrons. The topological polar surface area (TPSA) is 86.6 Å². The van der Waals surface area contributed by atoms with Crippen LogP contribution in [-0.4, -0.2) is 51.8 Å². The first-order valence-electron chi connectivity index (χ1n) is 15.0. The molecule has 0 unspecified atom stereocenters. The normalized spacial score (nSPS) is 11.3. The second-order valence-electron chi connectivity index (χ2n) is 12.0. The number of aryl methyl sites for hydroxylation is 1. The maximum absolute atomic E-state index is 12.3. The van der Waals surface area contributed by atoms with Crippen LogP contribution in [0.4, 0.5) is 10.5 Å². The Bertz CT molecular complexity index is 1310. The van der Waals surface area contributed by atoms with Crippen molar-refractivity contribution in [3.8, 4) is 0 Å². The molecule has 42 heavy (non-hydrogen) atoms. The summed E-state index contributed by atoms with van der Waals surface area (Å²) in [4.78, 5) is 26.1. The number of halogens is 1. The number of amides is 2. The average molecular weight is 600 g/mol. The third-order valence-corrected chi connectivity index (χ3v) is 7.03. The van der Waals surface area contributed by atoms with Crippen molar-refractivity contribution in [2.24, 2.45) is 0 Å². The number of nitrogens with zero attached hydrogens (tertiary/aromatic N) is 2. The summed E-state index contributed by atoms with van der Waals surface area (Å²) in [7, 11) is 6.13. The molecule has 0 atom stereocenters. The zero-order valence-electron chi connectivity index (χ0n) is 26.3. The highest BCUT2D eigenvalue weighted by molar-refractivity contribution is 5.90. The zero-order valence-corrected chi connectivity index (χ0v) is 27.1. The summed E-state index contributed by atoms with van der Waals surface area (Å²) < 4.78 is 7.68. The average Bonchev–Trinajstić information content (AvgIpc) is 2.90. The molecule has 3 N–H and O–H groups in total. The van der Waals surface area contributed by atoms with Crippen LogP contribution in [0.5, 0.6) is 0 Å². The van der Waals surface area contributed by atoms with Crippen LogP contribution < -0.4 is 37.8 Å². The van der Waals surface area contributed by atoms with Gasteiger partial charge in [-0.2, -0.15) is 4.57 Å². The lowest BCUT2D eigenvalue weighted by atomic mass is 10.1. The van der Waals surface area contributed by atoms with Crippen molar-refractivity contribution in [2.45, 2.75) is 84.4 Å². The molecule has 0 saturated carbocycles. The van der Waals surface area contributed by atoms with Gasteiger partial charge in [0.05, 0.1) is 0 Å². The van der Waals surface area contributed by atoms with Gasteiger partial charge in [0.1, 0.15) is 12.1 Å². The van der Waals surface area contributed by atoms with Crippen molar-refractivity contribution in [3.63, 3.8) is 0 Å². The van der Waals surface area contributed by atoms with Crippen molar-refractivity contribution in [1.29, 1.82) is 0 Å². The molecule has 0 spiro atoms. The maximum atomic E-state index is 12.3. The minimum atomic E-state index is -0.482. The van der Waals surface area contributed by atoms with Crippen LogP contribution in [0.1, 0.15) is 71.3 Å². The van der Waals surface area contributed by atoms with E-state index in [1.807, 2.05) is 27.8 Å². The van der Waals surface area contributed by atoms with Crippen LogP contribution in [0.25, 0.3) is 21.8 Å². The minimum Gasteiger partial charge on any atom is -1.00 e. The van der Waals surface area contributed by atoms with E-state index in [0.717, 1.165) is 51.6 Å². The molecule has 0 aliphatic rings. The predicted octanol–water partition coefficient (Wildman–Crippen LogP) is 2.44. The molecule has 9 heteroatoms. The second-order valence-corrected chi connectivity index (χ2v) is 12.0. The Kier molecular flexibility index (Phi) is 14.3. The molecule has 2 amide bonds. The molecule has 1 aromatic heterocycles. The molecular weight excluding hydrogens is 550 g/mol. The molecule has 8 nitrogen and oxygen atoms in total.